The highest BCUT2D eigenvalue weighted by atomic mass is 16.5. The minimum Gasteiger partial charge on any atom is -0.481 e. The number of nitrogens with two attached hydrogens (primary N) is 1. The van der Waals surface area contributed by atoms with Gasteiger partial charge in [-0.1, -0.05) is 6.92 Å². The Morgan fingerprint density at radius 3 is 2.44 bits per heavy atom. The zero-order valence-corrected chi connectivity index (χ0v) is 10.1. The van der Waals surface area contributed by atoms with Crippen molar-refractivity contribution in [1.82, 2.24) is 5.32 Å². The van der Waals surface area contributed by atoms with E-state index < -0.39 is 43.0 Å². The highest BCUT2D eigenvalue weighted by molar-refractivity contribution is 5.89. The summed E-state index contributed by atoms with van der Waals surface area (Å²) in [6.45, 7) is 1.32. The smallest absolute Gasteiger partial charge is 0.331 e. The molecule has 5 N–H and O–H groups in total. The van der Waals surface area contributed by atoms with Crippen LogP contribution in [0.1, 0.15) is 19.8 Å². The van der Waals surface area contributed by atoms with Gasteiger partial charge in [0.25, 0.3) is 0 Å². The molecule has 0 saturated carbocycles. The number of ether oxygens (including phenoxy) is 1. The fourth-order valence-electron chi connectivity index (χ4n) is 1.04. The third kappa shape index (κ3) is 6.16. The molecule has 0 aromatic carbocycles. The van der Waals surface area contributed by atoms with E-state index in [0.717, 1.165) is 0 Å². The third-order valence-corrected chi connectivity index (χ3v) is 1.96. The molecule has 0 radical (unpaired) electrons. The molecular formula is C10H18N2O6. The van der Waals surface area contributed by atoms with Crippen LogP contribution in [-0.2, 0) is 19.1 Å². The van der Waals surface area contributed by atoms with Crippen molar-refractivity contribution in [2.45, 2.75) is 31.8 Å². The van der Waals surface area contributed by atoms with Crippen LogP contribution in [0.4, 0.5) is 0 Å². The molecule has 1 amide bonds. The fourth-order valence-corrected chi connectivity index (χ4v) is 1.04. The number of esters is 1. The molecule has 0 fully saturated rings. The maximum atomic E-state index is 11.4. The predicted octanol–water partition coefficient (Wildman–Crippen LogP) is -1.78. The van der Waals surface area contributed by atoms with E-state index in [1.807, 2.05) is 0 Å². The van der Waals surface area contributed by atoms with Crippen molar-refractivity contribution in [3.05, 3.63) is 0 Å². The normalized spacial score (nSPS) is 13.5. The molecule has 0 aliphatic carbocycles. The van der Waals surface area contributed by atoms with Crippen LogP contribution in [-0.4, -0.2) is 53.4 Å². The van der Waals surface area contributed by atoms with Crippen LogP contribution < -0.4 is 11.1 Å². The lowest BCUT2D eigenvalue weighted by molar-refractivity contribution is -0.149. The zero-order chi connectivity index (χ0) is 14.1. The second-order valence-corrected chi connectivity index (χ2v) is 3.62. The lowest BCUT2D eigenvalue weighted by Crippen LogP contribution is -2.51. The Morgan fingerprint density at radius 1 is 1.39 bits per heavy atom. The lowest BCUT2D eigenvalue weighted by atomic mass is 10.2. The summed E-state index contributed by atoms with van der Waals surface area (Å²) >= 11 is 0. The van der Waals surface area contributed by atoms with Gasteiger partial charge in [-0.2, -0.15) is 0 Å². The van der Waals surface area contributed by atoms with Crippen LogP contribution >= 0.6 is 0 Å². The monoisotopic (exact) mass is 262 g/mol. The first-order valence-electron chi connectivity index (χ1n) is 5.47. The summed E-state index contributed by atoms with van der Waals surface area (Å²) in [5, 5.41) is 19.5. The van der Waals surface area contributed by atoms with Gasteiger partial charge in [0.1, 0.15) is 0 Å². The molecule has 104 valence electrons. The molecule has 0 spiro atoms. The van der Waals surface area contributed by atoms with Gasteiger partial charge in [0.05, 0.1) is 25.7 Å². The van der Waals surface area contributed by atoms with Gasteiger partial charge in [-0.15, -0.1) is 0 Å². The molecule has 0 saturated heterocycles. The number of carbonyl (C=O) groups is 3. The highest BCUT2D eigenvalue weighted by Gasteiger charge is 2.25. The van der Waals surface area contributed by atoms with Crippen LogP contribution in [0.3, 0.4) is 0 Å². The fraction of sp³-hybridized carbons (Fsp3) is 0.700. The van der Waals surface area contributed by atoms with Gasteiger partial charge >= 0.3 is 11.9 Å². The van der Waals surface area contributed by atoms with Gasteiger partial charge in [0.15, 0.2) is 6.04 Å². The summed E-state index contributed by atoms with van der Waals surface area (Å²) in [4.78, 5) is 33.1. The van der Waals surface area contributed by atoms with Gasteiger partial charge in [-0.3, -0.25) is 9.59 Å². The van der Waals surface area contributed by atoms with Crippen molar-refractivity contribution < 1.29 is 29.3 Å². The van der Waals surface area contributed by atoms with Crippen molar-refractivity contribution in [2.24, 2.45) is 5.73 Å². The summed E-state index contributed by atoms with van der Waals surface area (Å²) in [6.07, 6.45) is 0.0460. The Hall–Kier alpha value is -1.67. The average Bonchev–Trinajstić information content (AvgIpc) is 2.31. The molecule has 2 atom stereocenters. The Bertz CT molecular complexity index is 307. The minimum atomic E-state index is -1.28. The van der Waals surface area contributed by atoms with Crippen LogP contribution in [0.5, 0.6) is 0 Å². The minimum absolute atomic E-state index is 0.173. The van der Waals surface area contributed by atoms with E-state index in [1.165, 1.54) is 0 Å². The largest absolute Gasteiger partial charge is 0.481 e. The van der Waals surface area contributed by atoms with Gasteiger partial charge < -0.3 is 26.0 Å². The summed E-state index contributed by atoms with van der Waals surface area (Å²) in [5.41, 5.74) is 5.29. The molecule has 18 heavy (non-hydrogen) atoms. The number of nitrogens with one attached hydrogen (secondary N) is 1. The molecule has 0 heterocycles. The molecule has 0 aliphatic heterocycles. The summed E-state index contributed by atoms with van der Waals surface area (Å²) in [6, 6.07) is -2.51. The topological polar surface area (TPSA) is 139 Å². The Morgan fingerprint density at radius 2 is 2.00 bits per heavy atom. The number of aliphatic hydroxyl groups is 1. The first-order chi connectivity index (χ1) is 8.42. The van der Waals surface area contributed by atoms with Gasteiger partial charge in [0.2, 0.25) is 5.91 Å². The van der Waals surface area contributed by atoms with E-state index >= 15 is 0 Å². The third-order valence-electron chi connectivity index (χ3n) is 1.96. The molecular weight excluding hydrogens is 244 g/mol. The summed E-state index contributed by atoms with van der Waals surface area (Å²) < 4.78 is 4.74. The number of carboxylic acids is 1. The zero-order valence-electron chi connectivity index (χ0n) is 10.1. The van der Waals surface area contributed by atoms with E-state index in [2.05, 4.69) is 5.32 Å². The number of hydrogen-bond acceptors (Lipinski definition) is 6. The van der Waals surface area contributed by atoms with Crippen LogP contribution in [0.25, 0.3) is 0 Å². The maximum absolute atomic E-state index is 11.4. The number of aliphatic carboxylic acids is 1. The van der Waals surface area contributed by atoms with E-state index in [-0.39, 0.29) is 6.61 Å². The molecule has 0 aromatic rings. The quantitative estimate of drug-likeness (QED) is 0.379. The number of aliphatic hydroxyl groups excluding tert-OH is 1. The first-order valence-corrected chi connectivity index (χ1v) is 5.47. The SMILES string of the molecule is CCCOC(=O)[C@@H](CO)NC(=O)[C@@H](N)CC(=O)O. The molecule has 0 unspecified atom stereocenters. The Labute approximate surface area is 104 Å². The van der Waals surface area contributed by atoms with Crippen LogP contribution in [0, 0.1) is 0 Å². The highest BCUT2D eigenvalue weighted by Crippen LogP contribution is 1.94. The van der Waals surface area contributed by atoms with Crippen molar-refractivity contribution in [3.63, 3.8) is 0 Å². The molecule has 0 bridgehead atoms. The van der Waals surface area contributed by atoms with Crippen molar-refractivity contribution in [2.75, 3.05) is 13.2 Å². The second kappa shape index (κ2) is 8.43. The second-order valence-electron chi connectivity index (χ2n) is 3.62. The maximum Gasteiger partial charge on any atom is 0.331 e. The lowest BCUT2D eigenvalue weighted by Gasteiger charge is -2.17. The Balaban J connectivity index is 4.30. The number of amides is 1. The number of carboxylic acid groups (broad SMARTS) is 1. The average molecular weight is 262 g/mol. The van der Waals surface area contributed by atoms with Gasteiger partial charge in [-0.05, 0) is 6.42 Å². The van der Waals surface area contributed by atoms with Crippen LogP contribution in [0.2, 0.25) is 0 Å². The van der Waals surface area contributed by atoms with Crippen molar-refractivity contribution in [3.8, 4) is 0 Å². The standard InChI is InChI=1S/C10H18N2O6/c1-2-3-18-10(17)7(5-13)12-9(16)6(11)4-8(14)15/h6-7,13H,2-5,11H2,1H3,(H,12,16)(H,14,15)/t6-,7+/m0/s1. The molecule has 0 aliphatic rings. The molecule has 0 aromatic heterocycles. The molecule has 8 nitrogen and oxygen atoms in total. The van der Waals surface area contributed by atoms with Crippen molar-refractivity contribution >= 4 is 17.8 Å². The van der Waals surface area contributed by atoms with E-state index in [9.17, 15) is 14.4 Å². The van der Waals surface area contributed by atoms with E-state index in [1.54, 1.807) is 6.92 Å². The summed E-state index contributed by atoms with van der Waals surface area (Å²) in [5.74, 6) is -2.84. The Kier molecular flexibility index (Phi) is 7.64. The van der Waals surface area contributed by atoms with Crippen molar-refractivity contribution in [1.29, 1.82) is 0 Å². The van der Waals surface area contributed by atoms with Gasteiger partial charge in [-0.25, -0.2) is 4.79 Å². The van der Waals surface area contributed by atoms with E-state index in [4.69, 9.17) is 20.7 Å². The first kappa shape index (κ1) is 16.3. The van der Waals surface area contributed by atoms with Gasteiger partial charge in [0, 0.05) is 0 Å². The number of rotatable bonds is 8. The predicted molar refractivity (Wildman–Crippen MR) is 60.5 cm³/mol. The summed E-state index contributed by atoms with van der Waals surface area (Å²) in [7, 11) is 0. The number of carbonyl (C=O) groups excluding carboxylic acids is 2. The van der Waals surface area contributed by atoms with Crippen LogP contribution in [0.15, 0.2) is 0 Å². The number of hydrogen-bond donors (Lipinski definition) is 4. The van der Waals surface area contributed by atoms with E-state index in [0.29, 0.717) is 6.42 Å². The molecule has 8 heteroatoms. The molecule has 0 rings (SSSR count).